The number of rotatable bonds is 1. The van der Waals surface area contributed by atoms with Gasteiger partial charge in [0.2, 0.25) is 5.78 Å². The van der Waals surface area contributed by atoms with Crippen molar-refractivity contribution in [2.24, 2.45) is 5.92 Å². The molecule has 0 amide bonds. The fourth-order valence-corrected chi connectivity index (χ4v) is 2.43. The Morgan fingerprint density at radius 3 is 2.11 bits per heavy atom. The van der Waals surface area contributed by atoms with Gasteiger partial charge in [-0.2, -0.15) is 0 Å². The molecule has 18 heavy (non-hydrogen) atoms. The average molecular weight is 249 g/mol. The monoisotopic (exact) mass is 249 g/mol. The number of piperazine rings is 1. The number of ketones is 1. The largest absolute Gasteiger partial charge is 0.330 e. The maximum absolute atomic E-state index is 12.0. The molecule has 0 aromatic carbocycles. The van der Waals surface area contributed by atoms with Gasteiger partial charge < -0.3 is 14.7 Å². The lowest BCUT2D eigenvalue weighted by atomic mass is 9.93. The van der Waals surface area contributed by atoms with Crippen molar-refractivity contribution in [3.05, 3.63) is 0 Å². The second-order valence-electron chi connectivity index (χ2n) is 5.47. The lowest BCUT2D eigenvalue weighted by Gasteiger charge is -2.29. The zero-order chi connectivity index (χ0) is 13.0. The zero-order valence-electron chi connectivity index (χ0n) is 11.5. The molecule has 2 aliphatic heterocycles. The first kappa shape index (κ1) is 13.4. The Kier molecular flexibility index (Phi) is 4.62. The van der Waals surface area contributed by atoms with Gasteiger partial charge >= 0.3 is 0 Å². The van der Waals surface area contributed by atoms with Gasteiger partial charge in [-0.05, 0) is 45.9 Å². The Morgan fingerprint density at radius 1 is 0.944 bits per heavy atom. The van der Waals surface area contributed by atoms with E-state index < -0.39 is 0 Å². The molecule has 0 N–H and O–H groups in total. The van der Waals surface area contributed by atoms with Gasteiger partial charge in [0.1, 0.15) is 0 Å². The van der Waals surface area contributed by atoms with Gasteiger partial charge in [0.25, 0.3) is 0 Å². The summed E-state index contributed by atoms with van der Waals surface area (Å²) in [7, 11) is 4.23. The van der Waals surface area contributed by atoms with Gasteiger partial charge in [-0.25, -0.2) is 0 Å². The van der Waals surface area contributed by atoms with Crippen LogP contribution >= 0.6 is 0 Å². The number of hydrogen-bond acceptors (Lipinski definition) is 4. The van der Waals surface area contributed by atoms with Crippen molar-refractivity contribution in [1.82, 2.24) is 14.7 Å². The van der Waals surface area contributed by atoms with Crippen LogP contribution in [0, 0.1) is 17.9 Å². The fourth-order valence-electron chi connectivity index (χ4n) is 2.43. The van der Waals surface area contributed by atoms with Gasteiger partial charge in [0.15, 0.2) is 0 Å². The van der Waals surface area contributed by atoms with Gasteiger partial charge in [-0.15, -0.1) is 0 Å². The van der Waals surface area contributed by atoms with Crippen LogP contribution in [0.2, 0.25) is 0 Å². The number of Topliss-reactive ketones (excluding diaryl/α,β-unsaturated/α-hetero) is 1. The molecule has 0 bridgehead atoms. The van der Waals surface area contributed by atoms with E-state index >= 15 is 0 Å². The Labute approximate surface area is 110 Å². The summed E-state index contributed by atoms with van der Waals surface area (Å²) in [5.74, 6) is 3.16. The van der Waals surface area contributed by atoms with Crippen LogP contribution in [-0.2, 0) is 4.79 Å². The number of piperidine rings is 1. The van der Waals surface area contributed by atoms with Crippen LogP contribution in [-0.4, -0.2) is 73.8 Å². The topological polar surface area (TPSA) is 26.8 Å². The minimum absolute atomic E-state index is 0.141. The van der Waals surface area contributed by atoms with Crippen LogP contribution in [0.5, 0.6) is 0 Å². The lowest BCUT2D eigenvalue weighted by molar-refractivity contribution is -0.118. The second-order valence-corrected chi connectivity index (χ2v) is 5.47. The number of hydrogen-bond donors (Lipinski definition) is 0. The van der Waals surface area contributed by atoms with E-state index in [1.54, 1.807) is 0 Å². The van der Waals surface area contributed by atoms with E-state index in [0.29, 0.717) is 0 Å². The predicted octanol–water partition coefficient (Wildman–Crippen LogP) is 0.106. The summed E-state index contributed by atoms with van der Waals surface area (Å²) < 4.78 is 0. The second kappa shape index (κ2) is 6.21. The molecule has 0 atom stereocenters. The Balaban J connectivity index is 1.80. The van der Waals surface area contributed by atoms with Crippen LogP contribution in [0.4, 0.5) is 0 Å². The minimum atomic E-state index is 0.141. The SMILES string of the molecule is CN1CCC(C(=O)C#CN2CCN(C)CC2)CC1. The third-order valence-electron chi connectivity index (χ3n) is 3.93. The summed E-state index contributed by atoms with van der Waals surface area (Å²) in [5.41, 5.74) is 0. The number of likely N-dealkylation sites (N-methyl/N-ethyl adjacent to an activating group) is 1. The molecule has 4 heteroatoms. The van der Waals surface area contributed by atoms with Crippen LogP contribution < -0.4 is 0 Å². The molecule has 2 fully saturated rings. The lowest BCUT2D eigenvalue weighted by Crippen LogP contribution is -2.42. The van der Waals surface area contributed by atoms with Crippen LogP contribution in [0.3, 0.4) is 0 Å². The number of nitrogens with zero attached hydrogens (tertiary/aromatic N) is 3. The van der Waals surface area contributed by atoms with E-state index in [0.717, 1.165) is 52.1 Å². The van der Waals surface area contributed by atoms with E-state index in [1.807, 2.05) is 0 Å². The molecule has 2 saturated heterocycles. The summed E-state index contributed by atoms with van der Waals surface area (Å²) in [5, 5.41) is 0. The zero-order valence-corrected chi connectivity index (χ0v) is 11.5. The maximum atomic E-state index is 12.0. The summed E-state index contributed by atoms with van der Waals surface area (Å²) in [6.45, 7) is 6.02. The van der Waals surface area contributed by atoms with Gasteiger partial charge in [-0.3, -0.25) is 4.79 Å². The van der Waals surface area contributed by atoms with Crippen molar-refractivity contribution < 1.29 is 4.79 Å². The number of likely N-dealkylation sites (tertiary alicyclic amines) is 1. The first-order valence-electron chi connectivity index (χ1n) is 6.82. The molecule has 0 aromatic heterocycles. The molecule has 2 rings (SSSR count). The molecule has 0 radical (unpaired) electrons. The average Bonchev–Trinajstić information content (AvgIpc) is 2.38. The third kappa shape index (κ3) is 3.72. The highest BCUT2D eigenvalue weighted by atomic mass is 16.1. The van der Waals surface area contributed by atoms with E-state index in [9.17, 15) is 4.79 Å². The molecule has 0 unspecified atom stereocenters. The van der Waals surface area contributed by atoms with Crippen LogP contribution in [0.25, 0.3) is 0 Å². The molecular formula is C14H23N3O. The third-order valence-corrected chi connectivity index (χ3v) is 3.93. The molecule has 4 nitrogen and oxygen atoms in total. The molecular weight excluding hydrogens is 226 g/mol. The summed E-state index contributed by atoms with van der Waals surface area (Å²) in [6, 6.07) is 3.04. The van der Waals surface area contributed by atoms with Crippen molar-refractivity contribution in [3.8, 4) is 12.0 Å². The summed E-state index contributed by atoms with van der Waals surface area (Å²) >= 11 is 0. The molecule has 2 aliphatic rings. The Hall–Kier alpha value is -1.05. The highest BCUT2D eigenvalue weighted by molar-refractivity contribution is 5.97. The standard InChI is InChI=1S/C14H23N3O/c1-15-6-3-13(4-7-15)14(18)5-8-17-11-9-16(2)10-12-17/h13H,3-4,6-7,9-12H2,1-2H3. The first-order valence-corrected chi connectivity index (χ1v) is 6.82. The van der Waals surface area contributed by atoms with Gasteiger partial charge in [-0.1, -0.05) is 0 Å². The van der Waals surface area contributed by atoms with Crippen LogP contribution in [0.15, 0.2) is 0 Å². The van der Waals surface area contributed by atoms with Crippen molar-refractivity contribution >= 4 is 5.78 Å². The predicted molar refractivity (Wildman–Crippen MR) is 72.1 cm³/mol. The van der Waals surface area contributed by atoms with Gasteiger partial charge in [0.05, 0.1) is 0 Å². The molecule has 2 heterocycles. The number of carbonyl (C=O) groups is 1. The minimum Gasteiger partial charge on any atom is -0.330 e. The highest BCUT2D eigenvalue weighted by Crippen LogP contribution is 2.16. The number of carbonyl (C=O) groups excluding carboxylic acids is 1. The molecule has 0 saturated carbocycles. The molecule has 0 aliphatic carbocycles. The maximum Gasteiger partial charge on any atom is 0.210 e. The Bertz CT molecular complexity index is 342. The van der Waals surface area contributed by atoms with E-state index in [2.05, 4.69) is 40.8 Å². The molecule has 100 valence electrons. The van der Waals surface area contributed by atoms with Crippen molar-refractivity contribution in [2.45, 2.75) is 12.8 Å². The Morgan fingerprint density at radius 2 is 1.50 bits per heavy atom. The smallest absolute Gasteiger partial charge is 0.210 e. The summed E-state index contributed by atoms with van der Waals surface area (Å²) in [4.78, 5) is 18.6. The van der Waals surface area contributed by atoms with Crippen LogP contribution in [0.1, 0.15) is 12.8 Å². The fraction of sp³-hybridized carbons (Fsp3) is 0.786. The van der Waals surface area contributed by atoms with E-state index in [1.165, 1.54) is 0 Å². The highest BCUT2D eigenvalue weighted by Gasteiger charge is 2.22. The normalized spacial score (nSPS) is 23.6. The van der Waals surface area contributed by atoms with Crippen molar-refractivity contribution in [3.63, 3.8) is 0 Å². The van der Waals surface area contributed by atoms with Crippen molar-refractivity contribution in [2.75, 3.05) is 53.4 Å². The van der Waals surface area contributed by atoms with Gasteiger partial charge in [0, 0.05) is 38.1 Å². The van der Waals surface area contributed by atoms with E-state index in [-0.39, 0.29) is 11.7 Å². The van der Waals surface area contributed by atoms with E-state index in [4.69, 9.17) is 0 Å². The molecule has 0 aromatic rings. The first-order chi connectivity index (χ1) is 8.65. The summed E-state index contributed by atoms with van der Waals surface area (Å²) in [6.07, 6.45) is 1.93. The molecule has 0 spiro atoms. The van der Waals surface area contributed by atoms with Crippen molar-refractivity contribution in [1.29, 1.82) is 0 Å². The quantitative estimate of drug-likeness (QED) is 0.616.